The number of carbonyl (C=O) groups excluding carboxylic acids is 1. The Balaban J connectivity index is 2.24. The molecule has 0 saturated heterocycles. The van der Waals surface area contributed by atoms with Crippen molar-refractivity contribution in [1.29, 1.82) is 0 Å². The Kier molecular flexibility index (Phi) is 5.35. The molecule has 0 saturated carbocycles. The molecule has 0 aliphatic rings. The first-order valence-electron chi connectivity index (χ1n) is 5.57. The zero-order chi connectivity index (χ0) is 14.3. The number of anilines is 1. The highest BCUT2D eigenvalue weighted by atomic mass is 19.4. The van der Waals surface area contributed by atoms with Crippen LogP contribution in [0.5, 0.6) is 0 Å². The third kappa shape index (κ3) is 7.07. The van der Waals surface area contributed by atoms with Crippen molar-refractivity contribution in [2.45, 2.75) is 13.1 Å². The van der Waals surface area contributed by atoms with E-state index in [4.69, 9.17) is 0 Å². The van der Waals surface area contributed by atoms with Crippen LogP contribution in [0.1, 0.15) is 5.56 Å². The molecule has 0 aliphatic heterocycles. The molecule has 1 rings (SSSR count). The van der Waals surface area contributed by atoms with Gasteiger partial charge in [-0.25, -0.2) is 4.98 Å². The molecule has 4 nitrogen and oxygen atoms in total. The zero-order valence-corrected chi connectivity index (χ0v) is 10.3. The van der Waals surface area contributed by atoms with E-state index in [1.807, 2.05) is 19.1 Å². The quantitative estimate of drug-likeness (QED) is 0.637. The van der Waals surface area contributed by atoms with Crippen molar-refractivity contribution in [2.75, 3.05) is 18.4 Å². The van der Waals surface area contributed by atoms with Crippen molar-refractivity contribution in [2.24, 2.45) is 0 Å². The first kappa shape index (κ1) is 15.0. The summed E-state index contributed by atoms with van der Waals surface area (Å²) < 4.78 is 35.3. The van der Waals surface area contributed by atoms with Crippen LogP contribution in [0.25, 0.3) is 0 Å². The Bertz CT molecular complexity index is 458. The van der Waals surface area contributed by atoms with Gasteiger partial charge in [0.1, 0.15) is 5.82 Å². The lowest BCUT2D eigenvalue weighted by Gasteiger charge is -2.06. The molecule has 1 aromatic heterocycles. The highest BCUT2D eigenvalue weighted by Crippen LogP contribution is 2.15. The van der Waals surface area contributed by atoms with Crippen molar-refractivity contribution in [3.05, 3.63) is 36.0 Å². The Morgan fingerprint density at radius 2 is 2.16 bits per heavy atom. The number of pyridine rings is 1. The van der Waals surface area contributed by atoms with Crippen LogP contribution in [-0.2, 0) is 4.79 Å². The number of allylic oxidation sites excluding steroid dienone is 1. The van der Waals surface area contributed by atoms with Crippen LogP contribution < -0.4 is 10.6 Å². The third-order valence-electron chi connectivity index (χ3n) is 2.07. The molecule has 0 atom stereocenters. The molecule has 1 amide bonds. The molecule has 1 aromatic rings. The number of aryl methyl sites for hydroxylation is 1. The highest BCUT2D eigenvalue weighted by Gasteiger charge is 2.22. The van der Waals surface area contributed by atoms with E-state index < -0.39 is 12.1 Å². The number of alkyl halides is 3. The standard InChI is InChI=1S/C12H14F3N3O/c1-9-3-5-16-10(8-9)17-6-7-18-11(19)2-4-12(13,14)15/h2-5,8H,6-7H2,1H3,(H,16,17)(H,18,19)/b4-2+. The van der Waals surface area contributed by atoms with E-state index in [0.717, 1.165) is 5.56 Å². The Hall–Kier alpha value is -2.05. The minimum atomic E-state index is -4.47. The molecule has 19 heavy (non-hydrogen) atoms. The van der Waals surface area contributed by atoms with Crippen molar-refractivity contribution < 1.29 is 18.0 Å². The van der Waals surface area contributed by atoms with Crippen molar-refractivity contribution in [3.8, 4) is 0 Å². The van der Waals surface area contributed by atoms with Crippen LogP contribution in [0.15, 0.2) is 30.5 Å². The number of hydrogen-bond acceptors (Lipinski definition) is 3. The van der Waals surface area contributed by atoms with Crippen LogP contribution >= 0.6 is 0 Å². The van der Waals surface area contributed by atoms with E-state index in [0.29, 0.717) is 18.4 Å². The lowest BCUT2D eigenvalue weighted by atomic mass is 10.3. The fraction of sp³-hybridized carbons (Fsp3) is 0.333. The summed E-state index contributed by atoms with van der Waals surface area (Å²) in [6.45, 7) is 2.50. The molecule has 0 bridgehead atoms. The number of rotatable bonds is 5. The zero-order valence-electron chi connectivity index (χ0n) is 10.3. The molecular formula is C12H14F3N3O. The maximum Gasteiger partial charge on any atom is 0.409 e. The summed E-state index contributed by atoms with van der Waals surface area (Å²) in [5.41, 5.74) is 1.04. The summed E-state index contributed by atoms with van der Waals surface area (Å²) in [6.07, 6.45) is -2.47. The van der Waals surface area contributed by atoms with Gasteiger partial charge in [0, 0.05) is 31.4 Å². The molecular weight excluding hydrogens is 259 g/mol. The number of aromatic nitrogens is 1. The summed E-state index contributed by atoms with van der Waals surface area (Å²) in [6, 6.07) is 3.67. The maximum absolute atomic E-state index is 11.8. The largest absolute Gasteiger partial charge is 0.409 e. The normalized spacial score (nSPS) is 11.6. The number of nitrogens with one attached hydrogen (secondary N) is 2. The van der Waals surface area contributed by atoms with Gasteiger partial charge in [-0.1, -0.05) is 0 Å². The van der Waals surface area contributed by atoms with Crippen LogP contribution in [0.4, 0.5) is 19.0 Å². The second-order valence-electron chi connectivity index (χ2n) is 3.81. The van der Waals surface area contributed by atoms with Crippen LogP contribution in [0.3, 0.4) is 0 Å². The molecule has 0 radical (unpaired) electrons. The SMILES string of the molecule is Cc1ccnc(NCCNC(=O)/C=C/C(F)(F)F)c1. The number of amides is 1. The average molecular weight is 273 g/mol. The van der Waals surface area contributed by atoms with E-state index >= 15 is 0 Å². The van der Waals surface area contributed by atoms with Gasteiger partial charge in [-0.3, -0.25) is 4.79 Å². The second kappa shape index (κ2) is 6.77. The van der Waals surface area contributed by atoms with Gasteiger partial charge in [-0.15, -0.1) is 0 Å². The van der Waals surface area contributed by atoms with Crippen molar-refractivity contribution in [1.82, 2.24) is 10.3 Å². The highest BCUT2D eigenvalue weighted by molar-refractivity contribution is 5.87. The third-order valence-corrected chi connectivity index (χ3v) is 2.07. The van der Waals surface area contributed by atoms with Gasteiger partial charge >= 0.3 is 6.18 Å². The molecule has 0 unspecified atom stereocenters. The molecule has 0 aliphatic carbocycles. The van der Waals surface area contributed by atoms with Gasteiger partial charge in [0.25, 0.3) is 0 Å². The Morgan fingerprint density at radius 3 is 2.79 bits per heavy atom. The maximum atomic E-state index is 11.8. The van der Waals surface area contributed by atoms with E-state index in [1.54, 1.807) is 6.20 Å². The van der Waals surface area contributed by atoms with Crippen LogP contribution in [0, 0.1) is 6.92 Å². The predicted molar refractivity (Wildman–Crippen MR) is 65.7 cm³/mol. The van der Waals surface area contributed by atoms with E-state index in [-0.39, 0.29) is 12.6 Å². The summed E-state index contributed by atoms with van der Waals surface area (Å²) in [4.78, 5) is 15.1. The van der Waals surface area contributed by atoms with Gasteiger partial charge in [0.05, 0.1) is 0 Å². The minimum absolute atomic E-state index is 0.0993. The van der Waals surface area contributed by atoms with E-state index in [9.17, 15) is 18.0 Å². The Morgan fingerprint density at radius 1 is 1.42 bits per heavy atom. The molecule has 7 heteroatoms. The summed E-state index contributed by atoms with van der Waals surface area (Å²) in [5.74, 6) is -0.128. The number of nitrogens with zero attached hydrogens (tertiary/aromatic N) is 1. The monoisotopic (exact) mass is 273 g/mol. The van der Waals surface area contributed by atoms with Crippen LogP contribution in [0.2, 0.25) is 0 Å². The molecule has 2 N–H and O–H groups in total. The molecule has 0 aromatic carbocycles. The van der Waals surface area contributed by atoms with Crippen molar-refractivity contribution in [3.63, 3.8) is 0 Å². The summed E-state index contributed by atoms with van der Waals surface area (Å²) >= 11 is 0. The number of carbonyl (C=O) groups is 1. The smallest absolute Gasteiger partial charge is 0.368 e. The van der Waals surface area contributed by atoms with Gasteiger partial charge in [0.15, 0.2) is 0 Å². The van der Waals surface area contributed by atoms with Gasteiger partial charge in [-0.2, -0.15) is 13.2 Å². The molecule has 104 valence electrons. The Labute approximate surface area is 108 Å². The average Bonchev–Trinajstić information content (AvgIpc) is 2.31. The van der Waals surface area contributed by atoms with E-state index in [2.05, 4.69) is 15.6 Å². The lowest BCUT2D eigenvalue weighted by Crippen LogP contribution is -2.27. The molecule has 0 spiro atoms. The lowest BCUT2D eigenvalue weighted by molar-refractivity contribution is -0.117. The number of halogens is 3. The first-order chi connectivity index (χ1) is 8.87. The van der Waals surface area contributed by atoms with E-state index in [1.165, 1.54) is 0 Å². The first-order valence-corrected chi connectivity index (χ1v) is 5.57. The number of hydrogen-bond donors (Lipinski definition) is 2. The molecule has 0 fully saturated rings. The predicted octanol–water partition coefficient (Wildman–Crippen LogP) is 2.04. The van der Waals surface area contributed by atoms with Gasteiger partial charge < -0.3 is 10.6 Å². The van der Waals surface area contributed by atoms with Gasteiger partial charge in [0.2, 0.25) is 5.91 Å². The van der Waals surface area contributed by atoms with Crippen molar-refractivity contribution >= 4 is 11.7 Å². The van der Waals surface area contributed by atoms with Gasteiger partial charge in [-0.05, 0) is 24.6 Å². The second-order valence-corrected chi connectivity index (χ2v) is 3.81. The fourth-order valence-electron chi connectivity index (χ4n) is 1.24. The topological polar surface area (TPSA) is 54.0 Å². The molecule has 1 heterocycles. The van der Waals surface area contributed by atoms with Crippen LogP contribution in [-0.4, -0.2) is 30.2 Å². The summed E-state index contributed by atoms with van der Waals surface area (Å²) in [5, 5.41) is 5.27. The minimum Gasteiger partial charge on any atom is -0.368 e. The summed E-state index contributed by atoms with van der Waals surface area (Å²) in [7, 11) is 0. The fourth-order valence-corrected chi connectivity index (χ4v) is 1.24.